The lowest BCUT2D eigenvalue weighted by Gasteiger charge is -2.19. The van der Waals surface area contributed by atoms with E-state index in [4.69, 9.17) is 5.11 Å². The molecular formula is C27H29N3O4. The van der Waals surface area contributed by atoms with E-state index in [9.17, 15) is 19.6 Å². The molecule has 1 fully saturated rings. The molecule has 1 saturated carbocycles. The third kappa shape index (κ3) is 4.16. The molecule has 1 spiro atoms. The first kappa shape index (κ1) is 23.5. The fourth-order valence-electron chi connectivity index (χ4n) is 5.58. The molecule has 3 N–H and O–H groups in total. The number of carboxylic acid groups (broad SMARTS) is 1. The van der Waals surface area contributed by atoms with E-state index in [0.29, 0.717) is 36.1 Å². The average Bonchev–Trinajstić information content (AvgIpc) is 3.47. The summed E-state index contributed by atoms with van der Waals surface area (Å²) in [6.45, 7) is 4.34. The summed E-state index contributed by atoms with van der Waals surface area (Å²) in [4.78, 5) is 36.5. The highest BCUT2D eigenvalue weighted by Crippen LogP contribution is 2.66. The van der Waals surface area contributed by atoms with E-state index in [2.05, 4.69) is 30.6 Å². The van der Waals surface area contributed by atoms with Crippen molar-refractivity contribution in [3.63, 3.8) is 0 Å². The van der Waals surface area contributed by atoms with E-state index in [-0.39, 0.29) is 35.0 Å². The molecule has 2 aliphatic rings. The molecular weight excluding hydrogens is 430 g/mol. The van der Waals surface area contributed by atoms with Crippen LogP contribution in [0.3, 0.4) is 0 Å². The first-order valence-electron chi connectivity index (χ1n) is 11.5. The summed E-state index contributed by atoms with van der Waals surface area (Å²) in [5.74, 6) is -1.35. The van der Waals surface area contributed by atoms with Gasteiger partial charge in [-0.3, -0.25) is 14.4 Å². The maximum atomic E-state index is 13.4. The number of nitriles is 1. The number of carboxylic acids is 1. The largest absolute Gasteiger partial charge is 0.481 e. The van der Waals surface area contributed by atoms with Crippen molar-refractivity contribution < 1.29 is 19.5 Å². The highest BCUT2D eigenvalue weighted by molar-refractivity contribution is 5.98. The van der Waals surface area contributed by atoms with Crippen molar-refractivity contribution in [3.05, 3.63) is 64.2 Å². The van der Waals surface area contributed by atoms with E-state index >= 15 is 0 Å². The first-order chi connectivity index (χ1) is 16.1. The van der Waals surface area contributed by atoms with E-state index in [1.54, 1.807) is 25.2 Å². The van der Waals surface area contributed by atoms with Crippen LogP contribution in [0.5, 0.6) is 0 Å². The lowest BCUT2D eigenvalue weighted by atomic mass is 9.85. The van der Waals surface area contributed by atoms with E-state index in [0.717, 1.165) is 17.5 Å². The van der Waals surface area contributed by atoms with Gasteiger partial charge in [-0.05, 0) is 72.1 Å². The van der Waals surface area contributed by atoms with Gasteiger partial charge in [-0.1, -0.05) is 26.0 Å². The standard InChI is InChI=1S/C27H29N3O4/c1-26(2)15-27(20-12-18(24(33)29-3)9-10-19(20)26)13-21(27)25(34)30-22-11-16(14-28)7-8-17(22)5-4-6-23(31)32/h7-12,21H,4-6,13,15H2,1-3H3,(H,29,33)(H,30,34)(H,31,32)/t21-,27+/m0/s1. The van der Waals surface area contributed by atoms with Crippen molar-refractivity contribution in [3.8, 4) is 6.07 Å². The zero-order valence-electron chi connectivity index (χ0n) is 19.7. The minimum Gasteiger partial charge on any atom is -0.481 e. The highest BCUT2D eigenvalue weighted by Gasteiger charge is 2.65. The van der Waals surface area contributed by atoms with Crippen LogP contribution in [0.4, 0.5) is 5.69 Å². The maximum Gasteiger partial charge on any atom is 0.303 e. The summed E-state index contributed by atoms with van der Waals surface area (Å²) in [5.41, 5.74) is 4.25. The van der Waals surface area contributed by atoms with Gasteiger partial charge in [-0.25, -0.2) is 0 Å². The number of anilines is 1. The van der Waals surface area contributed by atoms with Crippen LogP contribution in [-0.4, -0.2) is 29.9 Å². The lowest BCUT2D eigenvalue weighted by molar-refractivity contribution is -0.137. The van der Waals surface area contributed by atoms with Crippen molar-refractivity contribution >= 4 is 23.5 Å². The summed E-state index contributed by atoms with van der Waals surface area (Å²) < 4.78 is 0. The van der Waals surface area contributed by atoms with Crippen LogP contribution in [0.2, 0.25) is 0 Å². The molecule has 2 amide bonds. The number of amides is 2. The van der Waals surface area contributed by atoms with Crippen LogP contribution in [0.15, 0.2) is 36.4 Å². The number of benzene rings is 2. The van der Waals surface area contributed by atoms with E-state index in [1.807, 2.05) is 18.2 Å². The van der Waals surface area contributed by atoms with Crippen molar-refractivity contribution in [2.45, 2.75) is 56.8 Å². The van der Waals surface area contributed by atoms with Crippen molar-refractivity contribution in [1.29, 1.82) is 5.26 Å². The van der Waals surface area contributed by atoms with Crippen LogP contribution < -0.4 is 10.6 Å². The minimum atomic E-state index is -0.863. The van der Waals surface area contributed by atoms with Gasteiger partial charge in [0.1, 0.15) is 0 Å². The molecule has 0 saturated heterocycles. The van der Waals surface area contributed by atoms with Crippen molar-refractivity contribution in [2.75, 3.05) is 12.4 Å². The molecule has 0 heterocycles. The van der Waals surface area contributed by atoms with Gasteiger partial charge in [0, 0.05) is 36.1 Å². The predicted molar refractivity (Wildman–Crippen MR) is 128 cm³/mol. The SMILES string of the molecule is CNC(=O)c1ccc2c(c1)[C@@]1(C[C@H]1C(=O)Nc1cc(C#N)ccc1CCCC(=O)O)CC2(C)C. The van der Waals surface area contributed by atoms with Gasteiger partial charge in [0.25, 0.3) is 5.91 Å². The molecule has 176 valence electrons. The molecule has 0 aromatic heterocycles. The average molecular weight is 460 g/mol. The van der Waals surface area contributed by atoms with Crippen LogP contribution >= 0.6 is 0 Å². The first-order valence-corrected chi connectivity index (χ1v) is 11.5. The monoisotopic (exact) mass is 459 g/mol. The number of carbonyl (C=O) groups excluding carboxylic acids is 2. The number of aryl methyl sites for hydroxylation is 1. The summed E-state index contributed by atoms with van der Waals surface area (Å²) in [5, 5.41) is 23.9. The van der Waals surface area contributed by atoms with E-state index < -0.39 is 5.97 Å². The Labute approximate surface area is 199 Å². The number of aliphatic carboxylic acids is 1. The maximum absolute atomic E-state index is 13.4. The number of rotatable bonds is 7. The van der Waals surface area contributed by atoms with Crippen LogP contribution in [0.1, 0.15) is 72.1 Å². The molecule has 2 aliphatic carbocycles. The Kier molecular flexibility index (Phi) is 5.94. The fraction of sp³-hybridized carbons (Fsp3) is 0.407. The second-order valence-corrected chi connectivity index (χ2v) is 10.0. The van der Waals surface area contributed by atoms with Gasteiger partial charge in [0.05, 0.1) is 11.6 Å². The third-order valence-corrected chi connectivity index (χ3v) is 7.26. The second kappa shape index (κ2) is 8.60. The topological polar surface area (TPSA) is 119 Å². The number of nitrogens with zero attached hydrogens (tertiary/aromatic N) is 1. The predicted octanol–water partition coefficient (Wildman–Crippen LogP) is 3.90. The normalized spacial score (nSPS) is 21.4. The van der Waals surface area contributed by atoms with Gasteiger partial charge < -0.3 is 15.7 Å². The molecule has 0 aliphatic heterocycles. The number of hydrogen-bond acceptors (Lipinski definition) is 4. The molecule has 2 atom stereocenters. The minimum absolute atomic E-state index is 0.0403. The van der Waals surface area contributed by atoms with Crippen LogP contribution in [0.25, 0.3) is 0 Å². The summed E-state index contributed by atoms with van der Waals surface area (Å²) >= 11 is 0. The number of hydrogen-bond donors (Lipinski definition) is 3. The number of nitrogens with one attached hydrogen (secondary N) is 2. The van der Waals surface area contributed by atoms with Gasteiger partial charge >= 0.3 is 5.97 Å². The molecule has 0 radical (unpaired) electrons. The molecule has 4 rings (SSSR count). The highest BCUT2D eigenvalue weighted by atomic mass is 16.4. The summed E-state index contributed by atoms with van der Waals surface area (Å²) in [7, 11) is 1.60. The zero-order valence-corrected chi connectivity index (χ0v) is 19.7. The summed E-state index contributed by atoms with van der Waals surface area (Å²) in [6, 6.07) is 13.0. The van der Waals surface area contributed by atoms with Gasteiger partial charge in [-0.15, -0.1) is 0 Å². The quantitative estimate of drug-likeness (QED) is 0.580. The fourth-order valence-corrected chi connectivity index (χ4v) is 5.58. The molecule has 7 nitrogen and oxygen atoms in total. The second-order valence-electron chi connectivity index (χ2n) is 10.0. The van der Waals surface area contributed by atoms with Crippen LogP contribution in [-0.2, 0) is 26.8 Å². The molecule has 34 heavy (non-hydrogen) atoms. The molecule has 2 aromatic carbocycles. The Morgan fingerprint density at radius 1 is 1.15 bits per heavy atom. The zero-order chi connectivity index (χ0) is 24.7. The number of fused-ring (bicyclic) bond motifs is 2. The lowest BCUT2D eigenvalue weighted by Crippen LogP contribution is -2.22. The van der Waals surface area contributed by atoms with Gasteiger partial charge in [0.2, 0.25) is 5.91 Å². The molecule has 0 unspecified atom stereocenters. The molecule has 0 bridgehead atoms. The molecule has 2 aromatic rings. The smallest absolute Gasteiger partial charge is 0.303 e. The van der Waals surface area contributed by atoms with Gasteiger partial charge in [0.15, 0.2) is 0 Å². The van der Waals surface area contributed by atoms with Gasteiger partial charge in [-0.2, -0.15) is 5.26 Å². The van der Waals surface area contributed by atoms with E-state index in [1.165, 1.54) is 5.56 Å². The van der Waals surface area contributed by atoms with Crippen molar-refractivity contribution in [1.82, 2.24) is 5.32 Å². The molecule has 7 heteroatoms. The Morgan fingerprint density at radius 2 is 1.91 bits per heavy atom. The Hall–Kier alpha value is -3.66. The Balaban J connectivity index is 1.59. The summed E-state index contributed by atoms with van der Waals surface area (Å²) in [6.07, 6.45) is 2.52. The Morgan fingerprint density at radius 3 is 2.59 bits per heavy atom. The third-order valence-electron chi connectivity index (χ3n) is 7.26. The van der Waals surface area contributed by atoms with Crippen molar-refractivity contribution in [2.24, 2.45) is 5.92 Å². The van der Waals surface area contributed by atoms with Crippen LogP contribution in [0, 0.1) is 17.2 Å². The number of carbonyl (C=O) groups is 3. The Bertz CT molecular complexity index is 1230.